The van der Waals surface area contributed by atoms with Crippen molar-refractivity contribution < 1.29 is 9.90 Å². The average molecular weight is 313 g/mol. The summed E-state index contributed by atoms with van der Waals surface area (Å²) >= 11 is 0. The van der Waals surface area contributed by atoms with Crippen LogP contribution in [-0.4, -0.2) is 32.5 Å². The zero-order chi connectivity index (χ0) is 16.8. The van der Waals surface area contributed by atoms with E-state index in [2.05, 4.69) is 59.9 Å². The van der Waals surface area contributed by atoms with Crippen LogP contribution >= 0.6 is 0 Å². The second kappa shape index (κ2) is 7.83. The standard InChI is InChI=1S/C18H23N3O2/c1-13(2)10-21(11-15-6-4-14(3)5-7-15)12-16-8-20-17(9-19-16)18(22)23/h4-9,13H,10-12H2,1-3H3,(H,22,23). The Bertz CT molecular complexity index is 636. The van der Waals surface area contributed by atoms with Crippen LogP contribution < -0.4 is 0 Å². The maximum absolute atomic E-state index is 10.8. The number of hydrogen-bond donors (Lipinski definition) is 1. The minimum Gasteiger partial charge on any atom is -0.476 e. The molecule has 0 atom stereocenters. The molecule has 2 aromatic rings. The predicted octanol–water partition coefficient (Wildman–Crippen LogP) is 3.14. The lowest BCUT2D eigenvalue weighted by atomic mass is 10.1. The summed E-state index contributed by atoms with van der Waals surface area (Å²) in [7, 11) is 0. The monoisotopic (exact) mass is 313 g/mol. The molecule has 0 aliphatic rings. The van der Waals surface area contributed by atoms with Gasteiger partial charge in [0.25, 0.3) is 0 Å². The second-order valence-electron chi connectivity index (χ2n) is 6.25. The average Bonchev–Trinajstić information content (AvgIpc) is 2.49. The van der Waals surface area contributed by atoms with Crippen molar-refractivity contribution in [3.05, 3.63) is 59.2 Å². The first-order valence-corrected chi connectivity index (χ1v) is 7.76. The third kappa shape index (κ3) is 5.45. The number of aromatic carboxylic acids is 1. The quantitative estimate of drug-likeness (QED) is 0.850. The van der Waals surface area contributed by atoms with Crippen molar-refractivity contribution in [1.82, 2.24) is 14.9 Å². The number of carboxylic acid groups (broad SMARTS) is 1. The van der Waals surface area contributed by atoms with Gasteiger partial charge in [0.1, 0.15) is 0 Å². The van der Waals surface area contributed by atoms with Crippen LogP contribution in [0.3, 0.4) is 0 Å². The summed E-state index contributed by atoms with van der Waals surface area (Å²) in [5, 5.41) is 8.88. The Balaban J connectivity index is 2.08. The highest BCUT2D eigenvalue weighted by Gasteiger charge is 2.11. The minimum absolute atomic E-state index is 0.0253. The molecular formula is C18H23N3O2. The van der Waals surface area contributed by atoms with Crippen molar-refractivity contribution in [3.8, 4) is 0 Å². The Kier molecular flexibility index (Phi) is 5.82. The number of nitrogens with zero attached hydrogens (tertiary/aromatic N) is 3. The van der Waals surface area contributed by atoms with Crippen molar-refractivity contribution in [3.63, 3.8) is 0 Å². The SMILES string of the molecule is Cc1ccc(CN(Cc2cnc(C(=O)O)cn2)CC(C)C)cc1. The van der Waals surface area contributed by atoms with E-state index in [1.54, 1.807) is 6.20 Å². The smallest absolute Gasteiger partial charge is 0.356 e. The van der Waals surface area contributed by atoms with Gasteiger partial charge < -0.3 is 5.11 Å². The van der Waals surface area contributed by atoms with E-state index >= 15 is 0 Å². The zero-order valence-corrected chi connectivity index (χ0v) is 13.9. The van der Waals surface area contributed by atoms with Gasteiger partial charge in [-0.15, -0.1) is 0 Å². The first-order chi connectivity index (χ1) is 10.9. The fourth-order valence-corrected chi connectivity index (χ4v) is 2.43. The highest BCUT2D eigenvalue weighted by molar-refractivity contribution is 5.84. The second-order valence-corrected chi connectivity index (χ2v) is 6.25. The molecule has 0 saturated heterocycles. The van der Waals surface area contributed by atoms with E-state index in [1.165, 1.54) is 17.3 Å². The largest absolute Gasteiger partial charge is 0.476 e. The van der Waals surface area contributed by atoms with Crippen LogP contribution in [0.1, 0.15) is 41.2 Å². The molecule has 0 amide bonds. The van der Waals surface area contributed by atoms with Crippen LogP contribution in [0.2, 0.25) is 0 Å². The summed E-state index contributed by atoms with van der Waals surface area (Å²) in [5.74, 6) is -0.519. The highest BCUT2D eigenvalue weighted by Crippen LogP contribution is 2.12. The molecule has 0 bridgehead atoms. The van der Waals surface area contributed by atoms with Gasteiger partial charge in [-0.2, -0.15) is 0 Å². The van der Waals surface area contributed by atoms with Crippen LogP contribution in [-0.2, 0) is 13.1 Å². The van der Waals surface area contributed by atoms with Crippen molar-refractivity contribution >= 4 is 5.97 Å². The Morgan fingerprint density at radius 2 is 1.83 bits per heavy atom. The zero-order valence-electron chi connectivity index (χ0n) is 13.9. The molecule has 0 aliphatic carbocycles. The van der Waals surface area contributed by atoms with Crippen molar-refractivity contribution in [2.24, 2.45) is 5.92 Å². The number of aromatic nitrogens is 2. The van der Waals surface area contributed by atoms with E-state index in [9.17, 15) is 4.79 Å². The molecule has 2 rings (SSSR count). The van der Waals surface area contributed by atoms with E-state index in [0.29, 0.717) is 12.5 Å². The molecule has 0 fully saturated rings. The van der Waals surface area contributed by atoms with Crippen LogP contribution in [0.15, 0.2) is 36.7 Å². The molecule has 1 aromatic heterocycles. The molecule has 0 spiro atoms. The van der Waals surface area contributed by atoms with Gasteiger partial charge in [-0.1, -0.05) is 43.7 Å². The maximum atomic E-state index is 10.8. The summed E-state index contributed by atoms with van der Waals surface area (Å²) < 4.78 is 0. The predicted molar refractivity (Wildman–Crippen MR) is 89.1 cm³/mol. The Labute approximate surface area is 137 Å². The van der Waals surface area contributed by atoms with Crippen molar-refractivity contribution in [2.75, 3.05) is 6.54 Å². The van der Waals surface area contributed by atoms with Crippen molar-refractivity contribution in [1.29, 1.82) is 0 Å². The summed E-state index contributed by atoms with van der Waals surface area (Å²) in [6.45, 7) is 8.87. The number of aryl methyl sites for hydroxylation is 1. The molecule has 0 saturated carbocycles. The number of benzene rings is 1. The third-order valence-corrected chi connectivity index (χ3v) is 3.46. The van der Waals surface area contributed by atoms with Crippen LogP contribution in [0, 0.1) is 12.8 Å². The fourth-order valence-electron chi connectivity index (χ4n) is 2.43. The molecular weight excluding hydrogens is 290 g/mol. The topological polar surface area (TPSA) is 66.3 Å². The van der Waals surface area contributed by atoms with Gasteiger partial charge >= 0.3 is 5.97 Å². The Morgan fingerprint density at radius 3 is 2.35 bits per heavy atom. The molecule has 23 heavy (non-hydrogen) atoms. The van der Waals surface area contributed by atoms with E-state index in [1.807, 2.05) is 0 Å². The molecule has 1 N–H and O–H groups in total. The van der Waals surface area contributed by atoms with Gasteiger partial charge in [0.2, 0.25) is 0 Å². The Morgan fingerprint density at radius 1 is 1.13 bits per heavy atom. The van der Waals surface area contributed by atoms with Crippen LogP contribution in [0.4, 0.5) is 0 Å². The highest BCUT2D eigenvalue weighted by atomic mass is 16.4. The number of hydrogen-bond acceptors (Lipinski definition) is 4. The maximum Gasteiger partial charge on any atom is 0.356 e. The van der Waals surface area contributed by atoms with Crippen molar-refractivity contribution in [2.45, 2.75) is 33.9 Å². The van der Waals surface area contributed by atoms with Gasteiger partial charge in [-0.05, 0) is 18.4 Å². The normalized spacial score (nSPS) is 11.2. The van der Waals surface area contributed by atoms with E-state index in [0.717, 1.165) is 18.8 Å². The van der Waals surface area contributed by atoms with Gasteiger partial charge in [0.05, 0.1) is 18.1 Å². The molecule has 0 radical (unpaired) electrons. The first-order valence-electron chi connectivity index (χ1n) is 7.76. The number of carboxylic acids is 1. The molecule has 0 aliphatic heterocycles. The molecule has 1 heterocycles. The summed E-state index contributed by atoms with van der Waals surface area (Å²) in [6.07, 6.45) is 2.86. The van der Waals surface area contributed by atoms with E-state index < -0.39 is 5.97 Å². The lowest BCUT2D eigenvalue weighted by Crippen LogP contribution is -2.27. The molecule has 5 nitrogen and oxygen atoms in total. The van der Waals surface area contributed by atoms with Gasteiger partial charge in [0, 0.05) is 19.6 Å². The fraction of sp³-hybridized carbons (Fsp3) is 0.389. The lowest BCUT2D eigenvalue weighted by Gasteiger charge is -2.24. The minimum atomic E-state index is -1.05. The van der Waals surface area contributed by atoms with Gasteiger partial charge in [-0.3, -0.25) is 9.88 Å². The third-order valence-electron chi connectivity index (χ3n) is 3.46. The summed E-state index contributed by atoms with van der Waals surface area (Å²) in [5.41, 5.74) is 3.26. The summed E-state index contributed by atoms with van der Waals surface area (Å²) in [4.78, 5) is 21.3. The van der Waals surface area contributed by atoms with Crippen LogP contribution in [0.25, 0.3) is 0 Å². The molecule has 0 unspecified atom stereocenters. The first kappa shape index (κ1) is 17.1. The van der Waals surface area contributed by atoms with Gasteiger partial charge in [0.15, 0.2) is 5.69 Å². The van der Waals surface area contributed by atoms with E-state index in [4.69, 9.17) is 5.11 Å². The number of carbonyl (C=O) groups is 1. The Hall–Kier alpha value is -2.27. The van der Waals surface area contributed by atoms with Gasteiger partial charge in [-0.25, -0.2) is 9.78 Å². The molecule has 1 aromatic carbocycles. The number of rotatable bonds is 7. The molecule has 5 heteroatoms. The summed E-state index contributed by atoms with van der Waals surface area (Å²) in [6, 6.07) is 8.51. The van der Waals surface area contributed by atoms with E-state index in [-0.39, 0.29) is 5.69 Å². The lowest BCUT2D eigenvalue weighted by molar-refractivity contribution is 0.0690. The van der Waals surface area contributed by atoms with Crippen LogP contribution in [0.5, 0.6) is 0 Å². The molecule has 122 valence electrons.